The number of para-hydroxylation sites is 2. The molecule has 0 bridgehead atoms. The molecule has 0 aliphatic carbocycles. The van der Waals surface area contributed by atoms with Gasteiger partial charge in [0.05, 0.1) is 11.0 Å². The van der Waals surface area contributed by atoms with Crippen molar-refractivity contribution in [1.29, 1.82) is 0 Å². The van der Waals surface area contributed by atoms with Crippen molar-refractivity contribution in [3.63, 3.8) is 0 Å². The molecule has 0 spiro atoms. The summed E-state index contributed by atoms with van der Waals surface area (Å²) < 4.78 is 1.39. The molecule has 3 atom stereocenters. The molecule has 26 heavy (non-hydrogen) atoms. The number of aryl methyl sites for hydroxylation is 1. The van der Waals surface area contributed by atoms with Gasteiger partial charge in [-0.2, -0.15) is 0 Å². The van der Waals surface area contributed by atoms with E-state index in [1.807, 2.05) is 49.7 Å². The van der Waals surface area contributed by atoms with Crippen LogP contribution in [0, 0.1) is 0 Å². The first-order valence-electron chi connectivity index (χ1n) is 7.72. The molecule has 142 valence electrons. The predicted molar refractivity (Wildman–Crippen MR) is 99.1 cm³/mol. The molecule has 10 heteroatoms. The molecule has 0 saturated carbocycles. The smallest absolute Gasteiger partial charge is 0.327 e. The SMILES string of the molecule is Cn1c(NC2C(=O)N3C(C(=O)O)C(C)(C)S[C@@H]23)nc2ccccc21.O.O. The number of thioether (sulfide) groups is 1. The molecular formula is C16H22N4O5S. The van der Waals surface area contributed by atoms with Crippen LogP contribution in [0.3, 0.4) is 0 Å². The van der Waals surface area contributed by atoms with E-state index in [1.54, 1.807) is 0 Å². The highest BCUT2D eigenvalue weighted by Gasteiger charge is 2.64. The molecule has 2 aliphatic rings. The average molecular weight is 382 g/mol. The van der Waals surface area contributed by atoms with Crippen LogP contribution in [-0.2, 0) is 16.6 Å². The number of carboxylic acid groups (broad SMARTS) is 1. The Balaban J connectivity index is 0.00000121. The number of hydrogen-bond acceptors (Lipinski definition) is 5. The molecule has 2 unspecified atom stereocenters. The largest absolute Gasteiger partial charge is 0.480 e. The highest BCUT2D eigenvalue weighted by atomic mass is 32.2. The van der Waals surface area contributed by atoms with Gasteiger partial charge in [-0.15, -0.1) is 11.8 Å². The fourth-order valence-electron chi connectivity index (χ4n) is 3.56. The molecule has 6 N–H and O–H groups in total. The number of aliphatic carboxylic acids is 1. The lowest BCUT2D eigenvalue weighted by Gasteiger charge is -2.43. The molecule has 4 rings (SSSR count). The van der Waals surface area contributed by atoms with Crippen molar-refractivity contribution in [2.75, 3.05) is 5.32 Å². The first kappa shape index (κ1) is 20.0. The number of benzene rings is 1. The highest BCUT2D eigenvalue weighted by Crippen LogP contribution is 2.51. The van der Waals surface area contributed by atoms with Gasteiger partial charge in [0.2, 0.25) is 11.9 Å². The molecule has 1 amide bonds. The van der Waals surface area contributed by atoms with E-state index in [0.717, 1.165) is 11.0 Å². The van der Waals surface area contributed by atoms with Crippen LogP contribution in [0.1, 0.15) is 13.8 Å². The summed E-state index contributed by atoms with van der Waals surface area (Å²) in [7, 11) is 1.89. The Bertz CT molecular complexity index is 867. The zero-order chi connectivity index (χ0) is 17.2. The lowest BCUT2D eigenvalue weighted by atomic mass is 9.96. The summed E-state index contributed by atoms with van der Waals surface area (Å²) in [5.74, 6) is -0.520. The lowest BCUT2D eigenvalue weighted by Crippen LogP contribution is -2.68. The standard InChI is InChI=1S/C16H18N4O3S.2H2O/c1-16(2)11(14(22)23)20-12(21)10(13(20)24-16)18-15-17-8-6-4-5-7-9(8)19(15)3;;/h4-7,10-11,13H,1-3H3,(H,17,18)(H,22,23);2*1H2/t10?,11?,13-;;/m0../s1. The number of nitrogens with zero attached hydrogens (tertiary/aromatic N) is 3. The van der Waals surface area contributed by atoms with E-state index >= 15 is 0 Å². The number of hydrogen-bond donors (Lipinski definition) is 2. The third-order valence-electron chi connectivity index (χ3n) is 4.75. The van der Waals surface area contributed by atoms with Crippen LogP contribution < -0.4 is 5.32 Å². The van der Waals surface area contributed by atoms with Crippen LogP contribution in [-0.4, -0.2) is 64.6 Å². The zero-order valence-electron chi connectivity index (χ0n) is 14.6. The van der Waals surface area contributed by atoms with E-state index in [-0.39, 0.29) is 22.2 Å². The second-order valence-electron chi connectivity index (χ2n) is 6.70. The van der Waals surface area contributed by atoms with Crippen molar-refractivity contribution in [3.8, 4) is 0 Å². The third-order valence-corrected chi connectivity index (χ3v) is 6.32. The first-order valence-corrected chi connectivity index (χ1v) is 8.60. The summed E-state index contributed by atoms with van der Waals surface area (Å²) in [5.41, 5.74) is 1.83. The van der Waals surface area contributed by atoms with E-state index < -0.39 is 22.8 Å². The van der Waals surface area contributed by atoms with Crippen molar-refractivity contribution >= 4 is 40.6 Å². The number of carboxylic acids is 1. The molecule has 2 aromatic rings. The minimum atomic E-state index is -0.954. The number of amides is 1. The van der Waals surface area contributed by atoms with Crippen LogP contribution >= 0.6 is 11.8 Å². The Kier molecular flexibility index (Phi) is 4.97. The Morgan fingerprint density at radius 2 is 1.96 bits per heavy atom. The number of carbonyl (C=O) groups is 2. The number of nitrogens with one attached hydrogen (secondary N) is 1. The minimum absolute atomic E-state index is 0. The summed E-state index contributed by atoms with van der Waals surface area (Å²) in [6.07, 6.45) is 0. The summed E-state index contributed by atoms with van der Waals surface area (Å²) in [6.45, 7) is 3.74. The summed E-state index contributed by atoms with van der Waals surface area (Å²) in [5, 5.41) is 12.5. The summed E-state index contributed by atoms with van der Waals surface area (Å²) >= 11 is 1.52. The first-order chi connectivity index (χ1) is 11.3. The molecule has 2 fully saturated rings. The Morgan fingerprint density at radius 1 is 1.31 bits per heavy atom. The quantitative estimate of drug-likeness (QED) is 0.705. The van der Waals surface area contributed by atoms with E-state index in [9.17, 15) is 14.7 Å². The molecule has 1 aromatic heterocycles. The molecule has 9 nitrogen and oxygen atoms in total. The third kappa shape index (κ3) is 2.61. The number of rotatable bonds is 3. The van der Waals surface area contributed by atoms with Gasteiger partial charge in [-0.3, -0.25) is 4.79 Å². The summed E-state index contributed by atoms with van der Waals surface area (Å²) in [6, 6.07) is 6.51. The van der Waals surface area contributed by atoms with Crippen LogP contribution in [0.5, 0.6) is 0 Å². The van der Waals surface area contributed by atoms with Gasteiger partial charge in [-0.1, -0.05) is 12.1 Å². The number of anilines is 1. The highest BCUT2D eigenvalue weighted by molar-refractivity contribution is 8.01. The van der Waals surface area contributed by atoms with Gasteiger partial charge in [-0.25, -0.2) is 9.78 Å². The van der Waals surface area contributed by atoms with E-state index in [0.29, 0.717) is 5.95 Å². The van der Waals surface area contributed by atoms with Gasteiger partial charge in [-0.05, 0) is 26.0 Å². The molecule has 3 heterocycles. The molecule has 2 saturated heterocycles. The number of carbonyl (C=O) groups excluding carboxylic acids is 1. The van der Waals surface area contributed by atoms with E-state index in [4.69, 9.17) is 0 Å². The molecular weight excluding hydrogens is 360 g/mol. The predicted octanol–water partition coefficient (Wildman–Crippen LogP) is -0.149. The van der Waals surface area contributed by atoms with Gasteiger partial charge in [0.15, 0.2) is 0 Å². The molecule has 0 radical (unpaired) electrons. The van der Waals surface area contributed by atoms with Crippen molar-refractivity contribution in [1.82, 2.24) is 14.5 Å². The maximum atomic E-state index is 12.5. The van der Waals surface area contributed by atoms with Crippen LogP contribution in [0.4, 0.5) is 5.95 Å². The fourth-order valence-corrected chi connectivity index (χ4v) is 5.18. The minimum Gasteiger partial charge on any atom is -0.480 e. The molecule has 2 aliphatic heterocycles. The zero-order valence-corrected chi connectivity index (χ0v) is 15.4. The van der Waals surface area contributed by atoms with Gasteiger partial charge >= 0.3 is 5.97 Å². The second kappa shape index (κ2) is 6.45. The maximum Gasteiger partial charge on any atom is 0.327 e. The topological polar surface area (TPSA) is 150 Å². The van der Waals surface area contributed by atoms with E-state index in [2.05, 4.69) is 10.3 Å². The van der Waals surface area contributed by atoms with Crippen molar-refractivity contribution in [2.24, 2.45) is 7.05 Å². The van der Waals surface area contributed by atoms with Gasteiger partial charge < -0.3 is 30.8 Å². The van der Waals surface area contributed by atoms with E-state index in [1.165, 1.54) is 16.7 Å². The normalized spacial score (nSPS) is 25.7. The van der Waals surface area contributed by atoms with Crippen molar-refractivity contribution in [2.45, 2.75) is 36.1 Å². The van der Waals surface area contributed by atoms with Gasteiger partial charge in [0, 0.05) is 11.8 Å². The monoisotopic (exact) mass is 382 g/mol. The number of β-lactam (4-membered cyclic amide) rings is 1. The summed E-state index contributed by atoms with van der Waals surface area (Å²) in [4.78, 5) is 30.1. The van der Waals surface area contributed by atoms with Crippen LogP contribution in [0.25, 0.3) is 11.0 Å². The fraction of sp³-hybridized carbons (Fsp3) is 0.438. The average Bonchev–Trinajstić information content (AvgIpc) is 2.97. The van der Waals surface area contributed by atoms with Crippen LogP contribution in [0.2, 0.25) is 0 Å². The lowest BCUT2D eigenvalue weighted by molar-refractivity contribution is -0.158. The Hall–Kier alpha value is -2.30. The van der Waals surface area contributed by atoms with Gasteiger partial charge in [0.25, 0.3) is 0 Å². The Morgan fingerprint density at radius 3 is 2.58 bits per heavy atom. The Labute approximate surface area is 154 Å². The number of fused-ring (bicyclic) bond motifs is 2. The number of imidazole rings is 1. The van der Waals surface area contributed by atoms with Crippen molar-refractivity contribution in [3.05, 3.63) is 24.3 Å². The maximum absolute atomic E-state index is 12.5. The van der Waals surface area contributed by atoms with Crippen LogP contribution in [0.15, 0.2) is 24.3 Å². The van der Waals surface area contributed by atoms with Crippen molar-refractivity contribution < 1.29 is 25.6 Å². The molecule has 1 aromatic carbocycles. The van der Waals surface area contributed by atoms with Gasteiger partial charge in [0.1, 0.15) is 17.5 Å². The second-order valence-corrected chi connectivity index (χ2v) is 8.47. The number of aromatic nitrogens is 2.